The zero-order valence-corrected chi connectivity index (χ0v) is 7.55. The molecular formula is C9H7N5. The first kappa shape index (κ1) is 8.38. The molecule has 5 nitrogen and oxygen atoms in total. The summed E-state index contributed by atoms with van der Waals surface area (Å²) in [6.07, 6.45) is 6.39. The summed E-state index contributed by atoms with van der Waals surface area (Å²) in [6.45, 7) is 1.93. The second-order valence-corrected chi connectivity index (χ2v) is 2.83. The molecule has 0 fully saturated rings. The highest BCUT2D eigenvalue weighted by Gasteiger charge is 2.05. The summed E-state index contributed by atoms with van der Waals surface area (Å²) in [4.78, 5) is 7.77. The van der Waals surface area contributed by atoms with Crippen molar-refractivity contribution in [1.29, 1.82) is 5.26 Å². The largest absolute Gasteiger partial charge is 0.243 e. The van der Waals surface area contributed by atoms with Gasteiger partial charge in [-0.1, -0.05) is 0 Å². The van der Waals surface area contributed by atoms with Crippen LogP contribution in [-0.4, -0.2) is 19.7 Å². The average molecular weight is 185 g/mol. The molecule has 0 amide bonds. The number of hydrogen-bond acceptors (Lipinski definition) is 4. The molecule has 0 saturated heterocycles. The highest BCUT2D eigenvalue weighted by molar-refractivity contribution is 5.40. The van der Waals surface area contributed by atoms with Gasteiger partial charge in [0.15, 0.2) is 5.82 Å². The van der Waals surface area contributed by atoms with Gasteiger partial charge in [0.05, 0.1) is 12.4 Å². The number of rotatable bonds is 1. The van der Waals surface area contributed by atoms with E-state index in [-0.39, 0.29) is 0 Å². The molecule has 0 saturated carbocycles. The Labute approximate surface area is 80.7 Å². The van der Waals surface area contributed by atoms with E-state index in [1.807, 2.05) is 19.2 Å². The minimum atomic E-state index is 0.413. The van der Waals surface area contributed by atoms with Crippen LogP contribution in [0, 0.1) is 18.3 Å². The number of aromatic nitrogens is 4. The van der Waals surface area contributed by atoms with Gasteiger partial charge in [-0.2, -0.15) is 10.4 Å². The third-order valence-electron chi connectivity index (χ3n) is 1.74. The van der Waals surface area contributed by atoms with Crippen molar-refractivity contribution in [2.45, 2.75) is 6.92 Å². The van der Waals surface area contributed by atoms with Crippen LogP contribution in [0.5, 0.6) is 0 Å². The molecule has 2 aromatic heterocycles. The fourth-order valence-corrected chi connectivity index (χ4v) is 1.11. The van der Waals surface area contributed by atoms with Crippen molar-refractivity contribution in [1.82, 2.24) is 19.7 Å². The van der Waals surface area contributed by atoms with Crippen molar-refractivity contribution in [3.05, 3.63) is 36.0 Å². The summed E-state index contributed by atoms with van der Waals surface area (Å²) < 4.78 is 1.57. The van der Waals surface area contributed by atoms with Crippen molar-refractivity contribution in [3.8, 4) is 11.9 Å². The lowest BCUT2D eigenvalue weighted by atomic mass is 10.3. The number of nitriles is 1. The second-order valence-electron chi connectivity index (χ2n) is 2.83. The highest BCUT2D eigenvalue weighted by Crippen LogP contribution is 2.08. The Morgan fingerprint density at radius 1 is 1.43 bits per heavy atom. The summed E-state index contributed by atoms with van der Waals surface area (Å²) in [7, 11) is 0. The second kappa shape index (κ2) is 3.26. The van der Waals surface area contributed by atoms with E-state index in [2.05, 4.69) is 15.1 Å². The van der Waals surface area contributed by atoms with Crippen LogP contribution in [0.15, 0.2) is 24.9 Å². The van der Waals surface area contributed by atoms with Gasteiger partial charge in [-0.05, 0) is 12.5 Å². The number of hydrogen-bond donors (Lipinski definition) is 0. The molecule has 0 unspecified atom stereocenters. The lowest BCUT2D eigenvalue weighted by Crippen LogP contribution is -2.01. The third-order valence-corrected chi connectivity index (χ3v) is 1.74. The maximum atomic E-state index is 8.82. The molecule has 2 rings (SSSR count). The summed E-state index contributed by atoms with van der Waals surface area (Å²) >= 11 is 0. The molecule has 2 heterocycles. The first-order chi connectivity index (χ1) is 6.81. The molecule has 0 aromatic carbocycles. The van der Waals surface area contributed by atoms with Crippen molar-refractivity contribution in [2.75, 3.05) is 0 Å². The van der Waals surface area contributed by atoms with Crippen LogP contribution in [0.3, 0.4) is 0 Å². The van der Waals surface area contributed by atoms with Gasteiger partial charge in [0.25, 0.3) is 0 Å². The SMILES string of the molecule is Cc1cnn(-c2ncncc2C#N)c1. The Balaban J connectivity index is 2.57. The van der Waals surface area contributed by atoms with Gasteiger partial charge in [0, 0.05) is 6.20 Å². The fraction of sp³-hybridized carbons (Fsp3) is 0.111. The van der Waals surface area contributed by atoms with E-state index in [1.165, 1.54) is 12.5 Å². The first-order valence-electron chi connectivity index (χ1n) is 4.03. The maximum absolute atomic E-state index is 8.82. The lowest BCUT2D eigenvalue weighted by molar-refractivity contribution is 0.835. The minimum absolute atomic E-state index is 0.413. The molecule has 0 atom stereocenters. The van der Waals surface area contributed by atoms with Crippen molar-refractivity contribution in [3.63, 3.8) is 0 Å². The van der Waals surface area contributed by atoms with Crippen LogP contribution in [0.25, 0.3) is 5.82 Å². The topological polar surface area (TPSA) is 67.4 Å². The van der Waals surface area contributed by atoms with Crippen LogP contribution in [0.4, 0.5) is 0 Å². The molecular weight excluding hydrogens is 178 g/mol. The summed E-state index contributed by atoms with van der Waals surface area (Å²) in [5, 5.41) is 12.9. The van der Waals surface area contributed by atoms with E-state index in [0.717, 1.165) is 5.56 Å². The van der Waals surface area contributed by atoms with Crippen molar-refractivity contribution >= 4 is 0 Å². The first-order valence-corrected chi connectivity index (χ1v) is 4.03. The van der Waals surface area contributed by atoms with Gasteiger partial charge in [0.1, 0.15) is 18.0 Å². The van der Waals surface area contributed by atoms with Gasteiger partial charge < -0.3 is 0 Å². The molecule has 0 N–H and O–H groups in total. The normalized spacial score (nSPS) is 9.71. The molecule has 5 heteroatoms. The van der Waals surface area contributed by atoms with Crippen molar-refractivity contribution < 1.29 is 0 Å². The Kier molecular flexibility index (Phi) is 1.95. The predicted molar refractivity (Wildman–Crippen MR) is 48.6 cm³/mol. The average Bonchev–Trinajstić information content (AvgIpc) is 2.65. The van der Waals surface area contributed by atoms with Crippen LogP contribution in [0.2, 0.25) is 0 Å². The van der Waals surface area contributed by atoms with Gasteiger partial charge in [-0.15, -0.1) is 0 Å². The quantitative estimate of drug-likeness (QED) is 0.660. The summed E-state index contributed by atoms with van der Waals surface area (Å²) in [6, 6.07) is 2.02. The van der Waals surface area contributed by atoms with E-state index in [1.54, 1.807) is 10.9 Å². The van der Waals surface area contributed by atoms with E-state index in [4.69, 9.17) is 5.26 Å². The number of nitrogens with zero attached hydrogens (tertiary/aromatic N) is 5. The molecule has 0 bridgehead atoms. The lowest BCUT2D eigenvalue weighted by Gasteiger charge is -1.99. The standard InChI is InChI=1S/C9H7N5/c1-7-3-13-14(5-7)9-8(2-10)4-11-6-12-9/h3-6H,1H3. The van der Waals surface area contributed by atoms with E-state index < -0.39 is 0 Å². The van der Waals surface area contributed by atoms with Crippen LogP contribution >= 0.6 is 0 Å². The van der Waals surface area contributed by atoms with Crippen molar-refractivity contribution in [2.24, 2.45) is 0 Å². The molecule has 0 spiro atoms. The smallest absolute Gasteiger partial charge is 0.174 e. The molecule has 0 aliphatic heterocycles. The van der Waals surface area contributed by atoms with Gasteiger partial charge >= 0.3 is 0 Å². The Morgan fingerprint density at radius 2 is 2.29 bits per heavy atom. The van der Waals surface area contributed by atoms with E-state index >= 15 is 0 Å². The van der Waals surface area contributed by atoms with E-state index in [9.17, 15) is 0 Å². The highest BCUT2D eigenvalue weighted by atomic mass is 15.3. The Morgan fingerprint density at radius 3 is 2.93 bits per heavy atom. The fourth-order valence-electron chi connectivity index (χ4n) is 1.11. The minimum Gasteiger partial charge on any atom is -0.243 e. The Bertz CT molecular complexity index is 494. The van der Waals surface area contributed by atoms with Crippen LogP contribution in [-0.2, 0) is 0 Å². The van der Waals surface area contributed by atoms with E-state index in [0.29, 0.717) is 11.4 Å². The maximum Gasteiger partial charge on any atom is 0.174 e. The molecule has 0 aliphatic rings. The molecule has 2 aromatic rings. The van der Waals surface area contributed by atoms with Crippen LogP contribution in [0.1, 0.15) is 11.1 Å². The zero-order valence-electron chi connectivity index (χ0n) is 7.55. The Hall–Kier alpha value is -2.22. The third kappa shape index (κ3) is 1.33. The molecule has 14 heavy (non-hydrogen) atoms. The van der Waals surface area contributed by atoms with Gasteiger partial charge in [-0.25, -0.2) is 14.6 Å². The van der Waals surface area contributed by atoms with Crippen LogP contribution < -0.4 is 0 Å². The predicted octanol–water partition coefficient (Wildman–Crippen LogP) is 0.842. The number of aryl methyl sites for hydroxylation is 1. The van der Waals surface area contributed by atoms with Gasteiger partial charge in [-0.3, -0.25) is 0 Å². The monoisotopic (exact) mass is 185 g/mol. The zero-order chi connectivity index (χ0) is 9.97. The molecule has 0 radical (unpaired) electrons. The molecule has 0 aliphatic carbocycles. The van der Waals surface area contributed by atoms with Gasteiger partial charge in [0.2, 0.25) is 0 Å². The summed E-state index contributed by atoms with van der Waals surface area (Å²) in [5.41, 5.74) is 1.43. The molecule has 68 valence electrons. The summed E-state index contributed by atoms with van der Waals surface area (Å²) in [5.74, 6) is 0.510.